The molecule has 1 N–H and O–H groups in total. The standard InChI is InChI=1S/C10H15NO/c12-11-9-5-4-8-10-6-2-1-3-7-10/h1-3,6,9-10,12H,4-5,7-8H2/b11-9+. The zero-order valence-electron chi connectivity index (χ0n) is 7.19. The SMILES string of the molecule is O/N=C/CCCC1C=CC=CC1. The molecule has 0 amide bonds. The highest BCUT2D eigenvalue weighted by molar-refractivity contribution is 5.55. The minimum absolute atomic E-state index is 0.696. The van der Waals surface area contributed by atoms with E-state index >= 15 is 0 Å². The van der Waals surface area contributed by atoms with Gasteiger partial charge in [-0.2, -0.15) is 0 Å². The largest absolute Gasteiger partial charge is 0.411 e. The quantitative estimate of drug-likeness (QED) is 0.295. The molecule has 0 aromatic carbocycles. The monoisotopic (exact) mass is 165 g/mol. The molecule has 1 rings (SSSR count). The molecule has 0 aliphatic heterocycles. The lowest BCUT2D eigenvalue weighted by atomic mass is 9.95. The van der Waals surface area contributed by atoms with Crippen LogP contribution in [0, 0.1) is 5.92 Å². The average molecular weight is 165 g/mol. The van der Waals surface area contributed by atoms with Crippen molar-refractivity contribution < 1.29 is 5.21 Å². The van der Waals surface area contributed by atoms with Gasteiger partial charge in [-0.3, -0.25) is 0 Å². The van der Waals surface area contributed by atoms with Crippen molar-refractivity contribution >= 4 is 6.21 Å². The summed E-state index contributed by atoms with van der Waals surface area (Å²) in [5, 5.41) is 11.1. The molecule has 0 fully saturated rings. The highest BCUT2D eigenvalue weighted by Gasteiger charge is 2.03. The third kappa shape index (κ3) is 3.37. The first-order valence-electron chi connectivity index (χ1n) is 4.42. The van der Waals surface area contributed by atoms with E-state index in [1.165, 1.54) is 6.42 Å². The summed E-state index contributed by atoms with van der Waals surface area (Å²) in [6.45, 7) is 0. The fraction of sp³-hybridized carbons (Fsp3) is 0.500. The number of unbranched alkanes of at least 4 members (excludes halogenated alkanes) is 1. The maximum absolute atomic E-state index is 8.15. The van der Waals surface area contributed by atoms with Crippen LogP contribution in [0.3, 0.4) is 0 Å². The Kier molecular flexibility index (Phi) is 4.21. The van der Waals surface area contributed by atoms with Crippen LogP contribution in [0.1, 0.15) is 25.7 Å². The average Bonchev–Trinajstić information content (AvgIpc) is 2.14. The van der Waals surface area contributed by atoms with Gasteiger partial charge in [0.25, 0.3) is 0 Å². The molecule has 66 valence electrons. The number of hydrogen-bond acceptors (Lipinski definition) is 2. The third-order valence-electron chi connectivity index (χ3n) is 2.06. The van der Waals surface area contributed by atoms with Crippen LogP contribution >= 0.6 is 0 Å². The van der Waals surface area contributed by atoms with Crippen molar-refractivity contribution in [1.82, 2.24) is 0 Å². The van der Waals surface area contributed by atoms with Gasteiger partial charge in [0.1, 0.15) is 0 Å². The van der Waals surface area contributed by atoms with Crippen LogP contribution < -0.4 is 0 Å². The van der Waals surface area contributed by atoms with Crippen LogP contribution in [-0.2, 0) is 0 Å². The smallest absolute Gasteiger partial charge is 0.0435 e. The molecular weight excluding hydrogens is 150 g/mol. The van der Waals surface area contributed by atoms with Crippen molar-refractivity contribution in [2.24, 2.45) is 11.1 Å². The highest BCUT2D eigenvalue weighted by Crippen LogP contribution is 2.17. The zero-order chi connectivity index (χ0) is 8.65. The van der Waals surface area contributed by atoms with E-state index in [-0.39, 0.29) is 0 Å². The lowest BCUT2D eigenvalue weighted by Crippen LogP contribution is -1.97. The molecule has 0 spiro atoms. The van der Waals surface area contributed by atoms with E-state index in [1.54, 1.807) is 6.21 Å². The van der Waals surface area contributed by atoms with E-state index in [0.29, 0.717) is 5.92 Å². The minimum Gasteiger partial charge on any atom is -0.411 e. The predicted octanol–water partition coefficient (Wildman–Crippen LogP) is 2.75. The van der Waals surface area contributed by atoms with E-state index in [2.05, 4.69) is 29.5 Å². The van der Waals surface area contributed by atoms with E-state index in [0.717, 1.165) is 19.3 Å². The summed E-state index contributed by atoms with van der Waals surface area (Å²) in [5.74, 6) is 0.696. The molecular formula is C10H15NO. The van der Waals surface area contributed by atoms with Gasteiger partial charge in [0.05, 0.1) is 0 Å². The van der Waals surface area contributed by atoms with Gasteiger partial charge >= 0.3 is 0 Å². The van der Waals surface area contributed by atoms with Gasteiger partial charge in [-0.15, -0.1) is 5.16 Å². The van der Waals surface area contributed by atoms with Crippen LogP contribution in [0.25, 0.3) is 0 Å². The Balaban J connectivity index is 2.07. The summed E-state index contributed by atoms with van der Waals surface area (Å²) >= 11 is 0. The molecule has 0 heterocycles. The van der Waals surface area contributed by atoms with Gasteiger partial charge in [0, 0.05) is 6.21 Å². The summed E-state index contributed by atoms with van der Waals surface area (Å²) < 4.78 is 0. The number of hydrogen-bond donors (Lipinski definition) is 1. The van der Waals surface area contributed by atoms with Crippen LogP contribution in [0.5, 0.6) is 0 Å². The van der Waals surface area contributed by atoms with Crippen molar-refractivity contribution in [2.45, 2.75) is 25.7 Å². The molecule has 0 saturated carbocycles. The lowest BCUT2D eigenvalue weighted by Gasteiger charge is -2.10. The van der Waals surface area contributed by atoms with Crippen molar-refractivity contribution in [2.75, 3.05) is 0 Å². The second-order valence-electron chi connectivity index (χ2n) is 3.04. The van der Waals surface area contributed by atoms with Gasteiger partial charge < -0.3 is 5.21 Å². The molecule has 0 aromatic rings. The molecule has 1 unspecified atom stereocenters. The third-order valence-corrected chi connectivity index (χ3v) is 2.06. The Hall–Kier alpha value is -1.05. The Morgan fingerprint density at radius 1 is 1.50 bits per heavy atom. The summed E-state index contributed by atoms with van der Waals surface area (Å²) in [5.41, 5.74) is 0. The predicted molar refractivity (Wildman–Crippen MR) is 50.5 cm³/mol. The number of oxime groups is 1. The van der Waals surface area contributed by atoms with Crippen LogP contribution in [-0.4, -0.2) is 11.4 Å². The molecule has 0 bridgehead atoms. The molecule has 0 saturated heterocycles. The maximum Gasteiger partial charge on any atom is 0.0435 e. The van der Waals surface area contributed by atoms with Gasteiger partial charge in [-0.05, 0) is 31.6 Å². The zero-order valence-corrected chi connectivity index (χ0v) is 7.19. The van der Waals surface area contributed by atoms with E-state index in [1.807, 2.05) is 0 Å². The van der Waals surface area contributed by atoms with E-state index in [9.17, 15) is 0 Å². The summed E-state index contributed by atoms with van der Waals surface area (Å²) in [7, 11) is 0. The number of rotatable bonds is 4. The molecule has 2 heteroatoms. The Bertz CT molecular complexity index is 194. The fourth-order valence-electron chi connectivity index (χ4n) is 1.37. The maximum atomic E-state index is 8.15. The van der Waals surface area contributed by atoms with Crippen molar-refractivity contribution in [3.63, 3.8) is 0 Å². The Morgan fingerprint density at radius 2 is 2.42 bits per heavy atom. The first kappa shape index (κ1) is 9.04. The Labute approximate surface area is 73.3 Å². The molecule has 12 heavy (non-hydrogen) atoms. The number of allylic oxidation sites excluding steroid dienone is 4. The minimum atomic E-state index is 0.696. The van der Waals surface area contributed by atoms with Crippen molar-refractivity contribution in [3.05, 3.63) is 24.3 Å². The first-order valence-corrected chi connectivity index (χ1v) is 4.42. The summed E-state index contributed by atoms with van der Waals surface area (Å²) in [6.07, 6.45) is 14.5. The second-order valence-corrected chi connectivity index (χ2v) is 3.04. The summed E-state index contributed by atoms with van der Waals surface area (Å²) in [6, 6.07) is 0. The first-order chi connectivity index (χ1) is 5.93. The molecule has 1 aliphatic rings. The lowest BCUT2D eigenvalue weighted by molar-refractivity contribution is 0.320. The normalized spacial score (nSPS) is 22.2. The van der Waals surface area contributed by atoms with Crippen LogP contribution in [0.15, 0.2) is 29.5 Å². The van der Waals surface area contributed by atoms with Crippen LogP contribution in [0.4, 0.5) is 0 Å². The second kappa shape index (κ2) is 5.58. The molecule has 1 atom stereocenters. The van der Waals surface area contributed by atoms with Crippen molar-refractivity contribution in [1.29, 1.82) is 0 Å². The van der Waals surface area contributed by atoms with Gasteiger partial charge in [-0.25, -0.2) is 0 Å². The number of nitrogens with zero attached hydrogens (tertiary/aromatic N) is 1. The van der Waals surface area contributed by atoms with E-state index < -0.39 is 0 Å². The van der Waals surface area contributed by atoms with Crippen LogP contribution in [0.2, 0.25) is 0 Å². The molecule has 2 nitrogen and oxygen atoms in total. The fourth-order valence-corrected chi connectivity index (χ4v) is 1.37. The highest BCUT2D eigenvalue weighted by atomic mass is 16.4. The van der Waals surface area contributed by atoms with Gasteiger partial charge in [-0.1, -0.05) is 24.3 Å². The topological polar surface area (TPSA) is 32.6 Å². The Morgan fingerprint density at radius 3 is 3.08 bits per heavy atom. The van der Waals surface area contributed by atoms with Gasteiger partial charge in [0.2, 0.25) is 0 Å². The van der Waals surface area contributed by atoms with Gasteiger partial charge in [0.15, 0.2) is 0 Å². The van der Waals surface area contributed by atoms with Crippen molar-refractivity contribution in [3.8, 4) is 0 Å². The molecule has 0 radical (unpaired) electrons. The van der Waals surface area contributed by atoms with E-state index in [4.69, 9.17) is 5.21 Å². The molecule has 1 aliphatic carbocycles. The molecule has 0 aromatic heterocycles. The summed E-state index contributed by atoms with van der Waals surface area (Å²) in [4.78, 5) is 0.